The molecule has 192 valence electrons. The third-order valence-electron chi connectivity index (χ3n) is 5.59. The van der Waals surface area contributed by atoms with Crippen molar-refractivity contribution in [3.63, 3.8) is 0 Å². The molecule has 12 nitrogen and oxygen atoms in total. The van der Waals surface area contributed by atoms with Gasteiger partial charge in [-0.2, -0.15) is 0 Å². The number of fused-ring (bicyclic) bond motifs is 2. The molecule has 0 radical (unpaired) electrons. The molecule has 15 heteroatoms. The number of carboxylic acids is 1. The van der Waals surface area contributed by atoms with Crippen LogP contribution in [0, 0.1) is 0 Å². The second-order valence-electron chi connectivity index (χ2n) is 7.86. The number of nitrogens with one attached hydrogen (secondary N) is 1. The smallest absolute Gasteiger partial charge is 0.352 e. The Morgan fingerprint density at radius 2 is 2.24 bits per heavy atom. The number of pyridine rings is 1. The Morgan fingerprint density at radius 1 is 1.41 bits per heavy atom. The Bertz CT molecular complexity index is 1450. The number of hydrogen-bond acceptors (Lipinski definition) is 11. The normalized spacial score (nSPS) is 19.5. The van der Waals surface area contributed by atoms with Gasteiger partial charge in [0.15, 0.2) is 10.8 Å². The molecule has 2 atom stereocenters. The third kappa shape index (κ3) is 4.76. The summed E-state index contributed by atoms with van der Waals surface area (Å²) in [5, 5.41) is 18.6. The lowest BCUT2D eigenvalue weighted by Gasteiger charge is -2.49. The number of β-lactam (4-membered cyclic amide) rings is 1. The van der Waals surface area contributed by atoms with Crippen molar-refractivity contribution in [3.8, 4) is 0 Å². The van der Waals surface area contributed by atoms with E-state index in [-0.39, 0.29) is 28.8 Å². The molecule has 0 saturated carbocycles. The molecule has 5 heterocycles. The Morgan fingerprint density at radius 3 is 2.97 bits per heavy atom. The van der Waals surface area contributed by atoms with Gasteiger partial charge in [0.1, 0.15) is 35.1 Å². The van der Waals surface area contributed by atoms with Gasteiger partial charge in [-0.05, 0) is 24.6 Å². The predicted octanol–water partition coefficient (Wildman–Crippen LogP) is 1.64. The summed E-state index contributed by atoms with van der Waals surface area (Å²) in [5.41, 5.74) is 7.18. The lowest BCUT2D eigenvalue weighted by atomic mass is 10.0. The number of carbonyl (C=O) groups excluding carboxylic acids is 2. The number of rotatable bonds is 9. The number of carbonyl (C=O) groups is 3. The van der Waals surface area contributed by atoms with Crippen molar-refractivity contribution in [2.45, 2.75) is 23.4 Å². The SMILES string of the molecule is CCON=C(C(=O)N[C@@H]1C(=O)N2C(C(=O)O)=C(CSc3cccc4nccn34)CS[C@@H]12)c1csc(N)n1. The number of nitrogens with two attached hydrogens (primary N) is 1. The molecular weight excluding hydrogens is 538 g/mol. The maximum Gasteiger partial charge on any atom is 0.352 e. The Kier molecular flexibility index (Phi) is 7.08. The van der Waals surface area contributed by atoms with E-state index in [4.69, 9.17) is 10.6 Å². The van der Waals surface area contributed by atoms with Gasteiger partial charge in [-0.15, -0.1) is 34.9 Å². The average Bonchev–Trinajstić information content (AvgIpc) is 3.54. The number of thiazole rings is 1. The molecule has 37 heavy (non-hydrogen) atoms. The van der Waals surface area contributed by atoms with Gasteiger partial charge in [-0.3, -0.25) is 18.9 Å². The minimum Gasteiger partial charge on any atom is -0.477 e. The number of anilines is 1. The van der Waals surface area contributed by atoms with Crippen LogP contribution in [0.2, 0.25) is 0 Å². The van der Waals surface area contributed by atoms with Gasteiger partial charge < -0.3 is 21.0 Å². The highest BCUT2D eigenvalue weighted by atomic mass is 32.2. The fourth-order valence-corrected chi connectivity index (χ4v) is 6.99. The van der Waals surface area contributed by atoms with Crippen LogP contribution in [0.4, 0.5) is 5.13 Å². The number of aromatic nitrogens is 3. The van der Waals surface area contributed by atoms with Crippen LogP contribution in [-0.4, -0.2) is 77.4 Å². The number of imidazole rings is 1. The molecule has 3 aromatic heterocycles. The fourth-order valence-electron chi connectivity index (χ4n) is 3.93. The zero-order chi connectivity index (χ0) is 26.1. The standard InChI is InChI=1S/C22H21N7O5S3/c1-2-34-27-15(12-10-37-22(23)25-12)18(30)26-16-19(31)29-17(21(32)33)11(9-36-20(16)29)8-35-14-5-3-4-13-24-6-7-28(13)14/h3-7,10,16,20H,2,8-9H2,1H3,(H2,23,25)(H,26,30)(H,32,33)/t16-,20+/m1/s1. The van der Waals surface area contributed by atoms with Crippen molar-refractivity contribution in [2.75, 3.05) is 23.8 Å². The maximum absolute atomic E-state index is 13.1. The van der Waals surface area contributed by atoms with E-state index in [2.05, 4.69) is 20.4 Å². The van der Waals surface area contributed by atoms with E-state index in [1.54, 1.807) is 18.5 Å². The summed E-state index contributed by atoms with van der Waals surface area (Å²) in [4.78, 5) is 52.9. The van der Waals surface area contributed by atoms with Crippen molar-refractivity contribution in [2.24, 2.45) is 5.16 Å². The monoisotopic (exact) mass is 559 g/mol. The van der Waals surface area contributed by atoms with E-state index in [1.165, 1.54) is 28.4 Å². The second kappa shape index (κ2) is 10.4. The van der Waals surface area contributed by atoms with Gasteiger partial charge in [0, 0.05) is 29.3 Å². The number of nitrogen functional groups attached to an aromatic ring is 1. The first-order valence-corrected chi connectivity index (χ1v) is 14.0. The zero-order valence-electron chi connectivity index (χ0n) is 19.4. The molecule has 3 aromatic rings. The molecule has 5 rings (SSSR count). The number of nitrogens with zero attached hydrogens (tertiary/aromatic N) is 5. The number of carboxylic acid groups (broad SMARTS) is 1. The number of amides is 2. The summed E-state index contributed by atoms with van der Waals surface area (Å²) in [6.07, 6.45) is 3.54. The summed E-state index contributed by atoms with van der Waals surface area (Å²) in [6, 6.07) is 4.78. The predicted molar refractivity (Wildman–Crippen MR) is 140 cm³/mol. The fraction of sp³-hybridized carbons (Fsp3) is 0.273. The van der Waals surface area contributed by atoms with Gasteiger partial charge in [0.2, 0.25) is 0 Å². The Hall–Kier alpha value is -3.56. The third-order valence-corrected chi connectivity index (χ3v) is 8.72. The van der Waals surface area contributed by atoms with Crippen LogP contribution < -0.4 is 11.1 Å². The summed E-state index contributed by atoms with van der Waals surface area (Å²) < 4.78 is 1.92. The largest absolute Gasteiger partial charge is 0.477 e. The maximum atomic E-state index is 13.1. The number of aliphatic carboxylic acids is 1. The van der Waals surface area contributed by atoms with E-state index in [9.17, 15) is 19.5 Å². The van der Waals surface area contributed by atoms with Crippen LogP contribution >= 0.6 is 34.9 Å². The first-order valence-electron chi connectivity index (χ1n) is 11.1. The van der Waals surface area contributed by atoms with Crippen molar-refractivity contribution >= 4 is 69.1 Å². The molecule has 2 aliphatic rings. The zero-order valence-corrected chi connectivity index (χ0v) is 21.8. The van der Waals surface area contributed by atoms with Crippen LogP contribution in [0.3, 0.4) is 0 Å². The minimum atomic E-state index is -1.18. The van der Waals surface area contributed by atoms with Crippen LogP contribution in [0.15, 0.2) is 57.4 Å². The van der Waals surface area contributed by atoms with Crippen molar-refractivity contribution in [1.29, 1.82) is 0 Å². The lowest BCUT2D eigenvalue weighted by Crippen LogP contribution is -2.71. The minimum absolute atomic E-state index is 0.0416. The molecule has 2 amide bonds. The molecular formula is C22H21N7O5S3. The highest BCUT2D eigenvalue weighted by molar-refractivity contribution is 8.01. The summed E-state index contributed by atoms with van der Waals surface area (Å²) in [5.74, 6) is -1.56. The van der Waals surface area contributed by atoms with Gasteiger partial charge >= 0.3 is 5.97 Å². The van der Waals surface area contributed by atoms with Gasteiger partial charge in [0.25, 0.3) is 11.8 Å². The van der Waals surface area contributed by atoms with Crippen molar-refractivity contribution in [3.05, 3.63) is 52.9 Å². The molecule has 2 aliphatic heterocycles. The highest BCUT2D eigenvalue weighted by Crippen LogP contribution is 2.41. The molecule has 0 aliphatic carbocycles. The molecule has 1 saturated heterocycles. The van der Waals surface area contributed by atoms with Crippen LogP contribution in [0.1, 0.15) is 12.6 Å². The first kappa shape index (κ1) is 25.1. The molecule has 0 aromatic carbocycles. The number of oxime groups is 1. The quantitative estimate of drug-likeness (QED) is 0.152. The molecule has 0 bridgehead atoms. The van der Waals surface area contributed by atoms with E-state index >= 15 is 0 Å². The topological polar surface area (TPSA) is 165 Å². The van der Waals surface area contributed by atoms with Gasteiger partial charge in [-0.25, -0.2) is 14.8 Å². The van der Waals surface area contributed by atoms with Gasteiger partial charge in [0.05, 0.1) is 5.03 Å². The molecule has 4 N–H and O–H groups in total. The van der Waals surface area contributed by atoms with Crippen LogP contribution in [0.5, 0.6) is 0 Å². The van der Waals surface area contributed by atoms with Crippen LogP contribution in [-0.2, 0) is 19.2 Å². The van der Waals surface area contributed by atoms with E-state index in [0.29, 0.717) is 17.1 Å². The highest BCUT2D eigenvalue weighted by Gasteiger charge is 2.54. The van der Waals surface area contributed by atoms with Crippen LogP contribution in [0.25, 0.3) is 5.65 Å². The Balaban J connectivity index is 1.32. The van der Waals surface area contributed by atoms with Crippen molar-refractivity contribution < 1.29 is 24.3 Å². The summed E-state index contributed by atoms with van der Waals surface area (Å²) >= 11 is 4.01. The number of hydrogen-bond donors (Lipinski definition) is 3. The second-order valence-corrected chi connectivity index (χ2v) is 10.8. The van der Waals surface area contributed by atoms with E-state index < -0.39 is 29.2 Å². The van der Waals surface area contributed by atoms with E-state index in [0.717, 1.165) is 22.0 Å². The number of thioether (sulfide) groups is 2. The molecule has 1 fully saturated rings. The van der Waals surface area contributed by atoms with E-state index in [1.807, 2.05) is 28.8 Å². The average molecular weight is 560 g/mol. The summed E-state index contributed by atoms with van der Waals surface area (Å²) in [6.45, 7) is 1.94. The molecule has 0 unspecified atom stereocenters. The molecule has 0 spiro atoms. The lowest BCUT2D eigenvalue weighted by molar-refractivity contribution is -0.150. The van der Waals surface area contributed by atoms with Gasteiger partial charge in [-0.1, -0.05) is 11.2 Å². The first-order chi connectivity index (χ1) is 17.9. The Labute approximate surface area is 223 Å². The van der Waals surface area contributed by atoms with Crippen molar-refractivity contribution in [1.82, 2.24) is 24.6 Å². The summed E-state index contributed by atoms with van der Waals surface area (Å²) in [7, 11) is 0.